The van der Waals surface area contributed by atoms with Crippen LogP contribution in [0.15, 0.2) is 42.5 Å². The first-order chi connectivity index (χ1) is 9.28. The minimum absolute atomic E-state index is 0.544. The highest BCUT2D eigenvalue weighted by molar-refractivity contribution is 5.68. The van der Waals surface area contributed by atoms with Crippen LogP contribution in [0.5, 0.6) is 11.5 Å². The van der Waals surface area contributed by atoms with Gasteiger partial charge >= 0.3 is 0 Å². The summed E-state index contributed by atoms with van der Waals surface area (Å²) >= 11 is 0. The highest BCUT2D eigenvalue weighted by Crippen LogP contribution is 2.28. The Balaban J connectivity index is 2.43. The third kappa shape index (κ3) is 2.86. The molecule has 2 aromatic carbocycles. The molecule has 3 nitrogen and oxygen atoms in total. The van der Waals surface area contributed by atoms with Crippen molar-refractivity contribution in [2.24, 2.45) is 0 Å². The van der Waals surface area contributed by atoms with E-state index in [0.29, 0.717) is 17.9 Å². The van der Waals surface area contributed by atoms with Gasteiger partial charge in [-0.2, -0.15) is 5.26 Å². The quantitative estimate of drug-likeness (QED) is 0.835. The van der Waals surface area contributed by atoms with E-state index >= 15 is 0 Å². The van der Waals surface area contributed by atoms with Crippen molar-refractivity contribution in [3.8, 4) is 28.7 Å². The number of hydrogen-bond donors (Lipinski definition) is 0. The van der Waals surface area contributed by atoms with Crippen LogP contribution in [0.1, 0.15) is 12.5 Å². The summed E-state index contributed by atoms with van der Waals surface area (Å²) in [5.74, 6) is 1.42. The highest BCUT2D eigenvalue weighted by Gasteiger charge is 2.06. The van der Waals surface area contributed by atoms with Gasteiger partial charge in [0, 0.05) is 0 Å². The number of hydrogen-bond acceptors (Lipinski definition) is 3. The molecule has 0 saturated heterocycles. The van der Waals surface area contributed by atoms with Gasteiger partial charge in [-0.25, -0.2) is 0 Å². The molecular formula is C16H15NO2. The summed E-state index contributed by atoms with van der Waals surface area (Å²) in [6.07, 6.45) is 0. The minimum Gasteiger partial charge on any atom is -0.497 e. The van der Waals surface area contributed by atoms with Crippen LogP contribution in [-0.2, 0) is 0 Å². The molecule has 2 aromatic rings. The summed E-state index contributed by atoms with van der Waals surface area (Å²) in [6.45, 7) is 2.45. The maximum Gasteiger partial charge on any atom is 0.137 e. The predicted molar refractivity (Wildman–Crippen MR) is 74.3 cm³/mol. The molecule has 0 atom stereocenters. The van der Waals surface area contributed by atoms with E-state index in [2.05, 4.69) is 6.07 Å². The zero-order valence-corrected chi connectivity index (χ0v) is 11.0. The van der Waals surface area contributed by atoms with Gasteiger partial charge in [-0.3, -0.25) is 0 Å². The zero-order valence-electron chi connectivity index (χ0n) is 11.0. The monoisotopic (exact) mass is 253 g/mol. The zero-order chi connectivity index (χ0) is 13.7. The second kappa shape index (κ2) is 5.92. The molecule has 0 radical (unpaired) electrons. The van der Waals surface area contributed by atoms with Crippen LogP contribution in [-0.4, -0.2) is 13.7 Å². The fraction of sp³-hybridized carbons (Fsp3) is 0.188. The Labute approximate surface area is 113 Å². The molecule has 0 fully saturated rings. The Kier molecular flexibility index (Phi) is 4.04. The normalized spacial score (nSPS) is 9.74. The summed E-state index contributed by atoms with van der Waals surface area (Å²) in [7, 11) is 1.64. The lowest BCUT2D eigenvalue weighted by Crippen LogP contribution is -1.94. The van der Waals surface area contributed by atoms with E-state index in [1.165, 1.54) is 0 Å². The van der Waals surface area contributed by atoms with Crippen molar-refractivity contribution in [1.82, 2.24) is 0 Å². The van der Waals surface area contributed by atoms with Crippen LogP contribution in [0.3, 0.4) is 0 Å². The van der Waals surface area contributed by atoms with Crippen molar-refractivity contribution in [3.63, 3.8) is 0 Å². The summed E-state index contributed by atoms with van der Waals surface area (Å²) in [4.78, 5) is 0. The number of benzene rings is 2. The molecule has 0 aromatic heterocycles. The molecule has 2 rings (SSSR count). The van der Waals surface area contributed by atoms with E-state index < -0.39 is 0 Å². The Morgan fingerprint density at radius 3 is 2.58 bits per heavy atom. The van der Waals surface area contributed by atoms with Crippen LogP contribution in [0, 0.1) is 11.3 Å². The summed E-state index contributed by atoms with van der Waals surface area (Å²) in [5.41, 5.74) is 2.53. The van der Waals surface area contributed by atoms with Crippen molar-refractivity contribution < 1.29 is 9.47 Å². The highest BCUT2D eigenvalue weighted by atomic mass is 16.5. The Morgan fingerprint density at radius 2 is 1.89 bits per heavy atom. The first-order valence-electron chi connectivity index (χ1n) is 6.10. The van der Waals surface area contributed by atoms with Gasteiger partial charge in [-0.05, 0) is 42.3 Å². The van der Waals surface area contributed by atoms with Gasteiger partial charge in [0.1, 0.15) is 17.6 Å². The van der Waals surface area contributed by atoms with Gasteiger partial charge in [-0.15, -0.1) is 0 Å². The number of methoxy groups -OCH3 is 1. The molecule has 0 spiro atoms. The fourth-order valence-electron chi connectivity index (χ4n) is 1.88. The Bertz CT molecular complexity index is 614. The first kappa shape index (κ1) is 13.0. The molecule has 0 N–H and O–H groups in total. The molecule has 0 aliphatic heterocycles. The summed E-state index contributed by atoms with van der Waals surface area (Å²) < 4.78 is 10.6. The van der Waals surface area contributed by atoms with E-state index in [1.807, 2.05) is 49.4 Å². The molecule has 3 heteroatoms. The van der Waals surface area contributed by atoms with Gasteiger partial charge in [0.05, 0.1) is 19.3 Å². The van der Waals surface area contributed by atoms with Crippen molar-refractivity contribution in [3.05, 3.63) is 48.0 Å². The molecule has 96 valence electrons. The van der Waals surface area contributed by atoms with E-state index in [-0.39, 0.29) is 0 Å². The molecule has 19 heavy (non-hydrogen) atoms. The number of rotatable bonds is 4. The molecule has 0 unspecified atom stereocenters. The van der Waals surface area contributed by atoms with Crippen molar-refractivity contribution in [1.29, 1.82) is 5.26 Å². The van der Waals surface area contributed by atoms with E-state index in [1.54, 1.807) is 7.11 Å². The van der Waals surface area contributed by atoms with Crippen LogP contribution in [0.25, 0.3) is 11.1 Å². The SMILES string of the molecule is CCOc1ccc(-c2cccc(OC)c2)cc1C#N. The summed E-state index contributed by atoms with van der Waals surface area (Å²) in [6, 6.07) is 15.5. The maximum atomic E-state index is 9.16. The van der Waals surface area contributed by atoms with Gasteiger partial charge < -0.3 is 9.47 Å². The van der Waals surface area contributed by atoms with Crippen LogP contribution >= 0.6 is 0 Å². The molecule has 0 amide bonds. The lowest BCUT2D eigenvalue weighted by atomic mass is 10.0. The Morgan fingerprint density at radius 1 is 1.11 bits per heavy atom. The smallest absolute Gasteiger partial charge is 0.137 e. The lowest BCUT2D eigenvalue weighted by molar-refractivity contribution is 0.339. The predicted octanol–water partition coefficient (Wildman–Crippen LogP) is 3.63. The molecular weight excluding hydrogens is 238 g/mol. The molecule has 0 aliphatic carbocycles. The fourth-order valence-corrected chi connectivity index (χ4v) is 1.88. The average molecular weight is 253 g/mol. The number of nitriles is 1. The lowest BCUT2D eigenvalue weighted by Gasteiger charge is -2.08. The number of ether oxygens (including phenoxy) is 2. The minimum atomic E-state index is 0.544. The average Bonchev–Trinajstić information content (AvgIpc) is 2.48. The topological polar surface area (TPSA) is 42.2 Å². The van der Waals surface area contributed by atoms with Gasteiger partial charge in [0.15, 0.2) is 0 Å². The van der Waals surface area contributed by atoms with Crippen LogP contribution in [0.2, 0.25) is 0 Å². The second-order valence-electron chi connectivity index (χ2n) is 3.99. The second-order valence-corrected chi connectivity index (χ2v) is 3.99. The van der Waals surface area contributed by atoms with E-state index in [4.69, 9.17) is 14.7 Å². The van der Waals surface area contributed by atoms with Crippen molar-refractivity contribution >= 4 is 0 Å². The van der Waals surface area contributed by atoms with Crippen molar-refractivity contribution in [2.45, 2.75) is 6.92 Å². The maximum absolute atomic E-state index is 9.16. The molecule has 0 heterocycles. The summed E-state index contributed by atoms with van der Waals surface area (Å²) in [5, 5.41) is 9.16. The van der Waals surface area contributed by atoms with Crippen molar-refractivity contribution in [2.75, 3.05) is 13.7 Å². The number of nitrogens with zero attached hydrogens (tertiary/aromatic N) is 1. The standard InChI is InChI=1S/C16H15NO2/c1-3-19-16-8-7-13(9-14(16)11-17)12-5-4-6-15(10-12)18-2/h4-10H,3H2,1-2H3. The third-order valence-corrected chi connectivity index (χ3v) is 2.80. The molecule has 0 saturated carbocycles. The van der Waals surface area contributed by atoms with E-state index in [9.17, 15) is 0 Å². The third-order valence-electron chi connectivity index (χ3n) is 2.80. The van der Waals surface area contributed by atoms with E-state index in [0.717, 1.165) is 16.9 Å². The van der Waals surface area contributed by atoms with Crippen LogP contribution in [0.4, 0.5) is 0 Å². The molecule has 0 bridgehead atoms. The van der Waals surface area contributed by atoms with Gasteiger partial charge in [0.25, 0.3) is 0 Å². The van der Waals surface area contributed by atoms with Gasteiger partial charge in [-0.1, -0.05) is 18.2 Å². The largest absolute Gasteiger partial charge is 0.497 e. The molecule has 0 aliphatic rings. The Hall–Kier alpha value is -2.47. The van der Waals surface area contributed by atoms with Gasteiger partial charge in [0.2, 0.25) is 0 Å². The van der Waals surface area contributed by atoms with Crippen LogP contribution < -0.4 is 9.47 Å². The first-order valence-corrected chi connectivity index (χ1v) is 6.10.